The lowest BCUT2D eigenvalue weighted by Crippen LogP contribution is -2.43. The van der Waals surface area contributed by atoms with Crippen LogP contribution >= 0.6 is 11.3 Å². The highest BCUT2D eigenvalue weighted by molar-refractivity contribution is 7.15. The minimum Gasteiger partial charge on any atom is -0.340 e. The van der Waals surface area contributed by atoms with Crippen molar-refractivity contribution >= 4 is 34.8 Å². The van der Waals surface area contributed by atoms with Crippen LogP contribution in [0.2, 0.25) is 0 Å². The molecular weight excluding hydrogens is 797 g/mol. The molecule has 62 heavy (non-hydrogen) atoms. The minimum atomic E-state index is -0.775. The van der Waals surface area contributed by atoms with Crippen molar-refractivity contribution in [2.24, 2.45) is 11.8 Å². The molecule has 4 fully saturated rings. The molecule has 2 saturated heterocycles. The summed E-state index contributed by atoms with van der Waals surface area (Å²) in [5, 5.41) is 8.25. The van der Waals surface area contributed by atoms with Crippen molar-refractivity contribution in [3.63, 3.8) is 0 Å². The molecular formula is C50H48N6O5S. The first-order valence-electron chi connectivity index (χ1n) is 21.9. The van der Waals surface area contributed by atoms with Crippen LogP contribution in [0.15, 0.2) is 120 Å². The molecule has 2 aliphatic heterocycles. The second-order valence-electron chi connectivity index (χ2n) is 17.1. The van der Waals surface area contributed by atoms with E-state index in [2.05, 4.69) is 34.7 Å². The van der Waals surface area contributed by atoms with Gasteiger partial charge in [-0.05, 0) is 79.2 Å². The second kappa shape index (κ2) is 17.2. The van der Waals surface area contributed by atoms with Crippen LogP contribution in [0.1, 0.15) is 104 Å². The van der Waals surface area contributed by atoms with Gasteiger partial charge in [-0.1, -0.05) is 114 Å². The average Bonchev–Trinajstić information content (AvgIpc) is 4.07. The number of amides is 3. The smallest absolute Gasteiger partial charge is 0.250 e. The van der Waals surface area contributed by atoms with Crippen molar-refractivity contribution < 1.29 is 23.7 Å². The van der Waals surface area contributed by atoms with E-state index in [4.69, 9.17) is 14.5 Å². The zero-order chi connectivity index (χ0) is 42.2. The highest BCUT2D eigenvalue weighted by Gasteiger charge is 2.41. The van der Waals surface area contributed by atoms with E-state index in [9.17, 15) is 19.2 Å². The van der Waals surface area contributed by atoms with Gasteiger partial charge >= 0.3 is 0 Å². The summed E-state index contributed by atoms with van der Waals surface area (Å²) in [5.41, 5.74) is 5.61. The van der Waals surface area contributed by atoms with E-state index in [0.29, 0.717) is 31.2 Å². The van der Waals surface area contributed by atoms with E-state index < -0.39 is 12.0 Å². The molecule has 0 radical (unpaired) electrons. The van der Waals surface area contributed by atoms with Crippen LogP contribution in [0.3, 0.4) is 0 Å². The van der Waals surface area contributed by atoms with Crippen molar-refractivity contribution in [2.75, 3.05) is 13.1 Å². The van der Waals surface area contributed by atoms with Gasteiger partial charge in [0.1, 0.15) is 22.9 Å². The number of Topliss-reactive ketones (excluding diaryl/α,β-unsaturated/α-hetero) is 1. The molecule has 2 saturated carbocycles. The predicted molar refractivity (Wildman–Crippen MR) is 235 cm³/mol. The molecule has 1 N–H and O–H groups in total. The molecule has 11 nitrogen and oxygen atoms in total. The van der Waals surface area contributed by atoms with Gasteiger partial charge in [-0.3, -0.25) is 19.2 Å². The van der Waals surface area contributed by atoms with Gasteiger partial charge < -0.3 is 19.6 Å². The van der Waals surface area contributed by atoms with Gasteiger partial charge in [0.25, 0.3) is 0 Å². The van der Waals surface area contributed by atoms with Gasteiger partial charge in [-0.15, -0.1) is 11.3 Å². The number of carbonyl (C=O) groups is 4. The van der Waals surface area contributed by atoms with Crippen LogP contribution in [0.5, 0.6) is 0 Å². The first kappa shape index (κ1) is 39.8. The van der Waals surface area contributed by atoms with Crippen molar-refractivity contribution in [3.05, 3.63) is 137 Å². The minimum absolute atomic E-state index is 0.0182. The van der Waals surface area contributed by atoms with E-state index in [1.54, 1.807) is 16.2 Å². The summed E-state index contributed by atoms with van der Waals surface area (Å²) in [6, 6.07) is 34.3. The molecule has 0 unspecified atom stereocenters. The number of likely N-dealkylation sites (tertiary alicyclic amines) is 2. The highest BCUT2D eigenvalue weighted by Crippen LogP contribution is 2.42. The third-order valence-electron chi connectivity index (χ3n) is 12.8. The van der Waals surface area contributed by atoms with E-state index >= 15 is 0 Å². The molecule has 4 atom stereocenters. The zero-order valence-electron chi connectivity index (χ0n) is 34.4. The quantitative estimate of drug-likeness (QED) is 0.115. The van der Waals surface area contributed by atoms with Gasteiger partial charge in [0.15, 0.2) is 0 Å². The van der Waals surface area contributed by atoms with E-state index in [1.807, 2.05) is 96.0 Å². The number of hydrogen-bond acceptors (Lipinski definition) is 9. The third kappa shape index (κ3) is 8.35. The van der Waals surface area contributed by atoms with Crippen LogP contribution in [0.25, 0.3) is 33.0 Å². The number of hydrogen-bond donors (Lipinski definition) is 1. The Balaban J connectivity index is 0.797. The summed E-state index contributed by atoms with van der Waals surface area (Å²) in [5.74, 6) is 0.448. The fourth-order valence-electron chi connectivity index (χ4n) is 8.99. The average molecular weight is 845 g/mol. The molecule has 10 rings (SSSR count). The maximum absolute atomic E-state index is 14.2. The molecule has 2 aromatic heterocycles. The van der Waals surface area contributed by atoms with Crippen LogP contribution in [-0.4, -0.2) is 61.5 Å². The number of thiazole rings is 1. The van der Waals surface area contributed by atoms with Crippen LogP contribution < -0.4 is 5.32 Å². The lowest BCUT2D eigenvalue weighted by Gasteiger charge is -2.28. The van der Waals surface area contributed by atoms with Gasteiger partial charge in [0, 0.05) is 43.1 Å². The number of nitrogens with one attached hydrogen (secondary N) is 1. The van der Waals surface area contributed by atoms with Crippen molar-refractivity contribution in [1.29, 1.82) is 0 Å². The number of carbonyl (C=O) groups excluding carboxylic acids is 4. The summed E-state index contributed by atoms with van der Waals surface area (Å²) in [6.07, 6.45) is 9.00. The monoisotopic (exact) mass is 844 g/mol. The summed E-state index contributed by atoms with van der Waals surface area (Å²) in [4.78, 5) is 68.4. The van der Waals surface area contributed by atoms with Gasteiger partial charge in [0.2, 0.25) is 29.4 Å². The molecule has 0 bridgehead atoms. The predicted octanol–water partition coefficient (Wildman–Crippen LogP) is 9.27. The van der Waals surface area contributed by atoms with Gasteiger partial charge in [-0.2, -0.15) is 4.98 Å². The standard InChI is InChI=1S/C50H48N6O5S/c57-42(34-19-20-34)29-39(33-9-3-1-4-10-33)49(59)56-28-8-14-41(56)48-51-30-43(62-48)35-21-15-31(16-22-35)32-17-23-37(24-18-32)45-53-47(61-54-45)40-13-7-27-55(40)50(60)44(36-11-5-2-6-12-36)52-46(58)38-25-26-38/h1-6,9-12,15-18,21-24,30,34,38-41,44H,7-8,13-14,19-20,25-29H2,(H,52,58)/t39-,40+,41+,44-/m1/s1. The van der Waals surface area contributed by atoms with Crippen molar-refractivity contribution in [2.45, 2.75) is 81.8 Å². The SMILES string of the molecule is O=C(C[C@@H](C(=O)N1CCC[C@H]1c1ncc(-c2ccc(-c3ccc(-c4noc([C@@H]5CCCN5C(=O)[C@H](NC(=O)C5CC5)c5ccccc5)n4)cc3)cc2)s1)c1ccccc1)C1CC1. The van der Waals surface area contributed by atoms with Crippen LogP contribution in [0, 0.1) is 11.8 Å². The largest absolute Gasteiger partial charge is 0.340 e. The van der Waals surface area contributed by atoms with Gasteiger partial charge in [0.05, 0.1) is 16.8 Å². The molecule has 6 aromatic rings. The fraction of sp³-hybridized carbons (Fsp3) is 0.340. The first-order valence-corrected chi connectivity index (χ1v) is 22.7. The number of nitrogens with zero attached hydrogens (tertiary/aromatic N) is 5. The lowest BCUT2D eigenvalue weighted by atomic mass is 9.91. The molecule has 4 heterocycles. The maximum Gasteiger partial charge on any atom is 0.250 e. The summed E-state index contributed by atoms with van der Waals surface area (Å²) < 4.78 is 5.79. The molecule has 0 spiro atoms. The molecule has 4 aromatic carbocycles. The van der Waals surface area contributed by atoms with Gasteiger partial charge in [-0.25, -0.2) is 4.98 Å². The number of benzene rings is 4. The third-order valence-corrected chi connectivity index (χ3v) is 14.0. The number of ketones is 1. The Morgan fingerprint density at radius 1 is 0.661 bits per heavy atom. The topological polar surface area (TPSA) is 139 Å². The fourth-order valence-corrected chi connectivity index (χ4v) is 10.1. The Morgan fingerprint density at radius 3 is 1.89 bits per heavy atom. The first-order chi connectivity index (χ1) is 30.4. The zero-order valence-corrected chi connectivity index (χ0v) is 35.2. The Labute approximate surface area is 364 Å². The molecule has 3 amide bonds. The van der Waals surface area contributed by atoms with Crippen molar-refractivity contribution in [1.82, 2.24) is 30.2 Å². The summed E-state index contributed by atoms with van der Waals surface area (Å²) in [6.45, 7) is 1.21. The molecule has 12 heteroatoms. The van der Waals surface area contributed by atoms with E-state index in [0.717, 1.165) is 88.2 Å². The maximum atomic E-state index is 14.2. The number of rotatable bonds is 14. The summed E-state index contributed by atoms with van der Waals surface area (Å²) >= 11 is 1.63. The normalized spacial score (nSPS) is 19.6. The Morgan fingerprint density at radius 2 is 1.24 bits per heavy atom. The van der Waals surface area contributed by atoms with Crippen LogP contribution in [-0.2, 0) is 19.2 Å². The van der Waals surface area contributed by atoms with Crippen molar-refractivity contribution in [3.8, 4) is 33.0 Å². The molecule has 2 aliphatic carbocycles. The Kier molecular flexibility index (Phi) is 11.1. The summed E-state index contributed by atoms with van der Waals surface area (Å²) in [7, 11) is 0. The lowest BCUT2D eigenvalue weighted by molar-refractivity contribution is -0.138. The highest BCUT2D eigenvalue weighted by atomic mass is 32.1. The van der Waals surface area contributed by atoms with Crippen LogP contribution in [0.4, 0.5) is 0 Å². The van der Waals surface area contributed by atoms with E-state index in [-0.39, 0.29) is 53.8 Å². The Hall–Kier alpha value is -6.27. The number of aromatic nitrogens is 3. The second-order valence-corrected chi connectivity index (χ2v) is 18.1. The Bertz CT molecular complexity index is 2390. The van der Waals surface area contributed by atoms with E-state index in [1.165, 1.54) is 0 Å². The molecule has 4 aliphatic rings. The molecule has 314 valence electrons.